The number of hydrogen-bond donors (Lipinski definition) is 2. The molecule has 4 rings (SSSR count). The van der Waals surface area contributed by atoms with Crippen LogP contribution in [-0.2, 0) is 0 Å². The van der Waals surface area contributed by atoms with Crippen LogP contribution in [0.2, 0.25) is 0 Å². The first-order valence-corrected chi connectivity index (χ1v) is 9.41. The van der Waals surface area contributed by atoms with Gasteiger partial charge in [0.1, 0.15) is 0 Å². The van der Waals surface area contributed by atoms with Crippen LogP contribution in [0.1, 0.15) is 0 Å². The van der Waals surface area contributed by atoms with E-state index in [1.165, 1.54) is 4.90 Å². The molecule has 1 fully saturated rings. The van der Waals surface area contributed by atoms with Gasteiger partial charge in [-0.1, -0.05) is 18.2 Å². The quantitative estimate of drug-likeness (QED) is 0.696. The number of anilines is 2. The number of carbonyl (C=O) groups is 1. The third-order valence-corrected chi connectivity index (χ3v) is 4.89. The van der Waals surface area contributed by atoms with Gasteiger partial charge in [-0.2, -0.15) is 10.1 Å². The lowest BCUT2D eigenvalue weighted by Crippen LogP contribution is -2.48. The molecule has 2 N–H and O–H groups in total. The molecule has 0 unspecified atom stereocenters. The Balaban J connectivity index is 1.48. The molecule has 3 aromatic rings. The lowest BCUT2D eigenvalue weighted by Gasteiger charge is -2.32. The number of fused-ring (bicyclic) bond motifs is 1. The van der Waals surface area contributed by atoms with Crippen molar-refractivity contribution in [2.45, 2.75) is 0 Å². The molecule has 9 heteroatoms. The summed E-state index contributed by atoms with van der Waals surface area (Å²) < 4.78 is 0. The van der Waals surface area contributed by atoms with Crippen LogP contribution in [0, 0.1) is 0 Å². The summed E-state index contributed by atoms with van der Waals surface area (Å²) in [5.41, 5.74) is 1.23. The van der Waals surface area contributed by atoms with E-state index in [9.17, 15) is 4.79 Å². The Hall–Kier alpha value is -3.04. The molecule has 0 spiro atoms. The van der Waals surface area contributed by atoms with Crippen LogP contribution in [0.3, 0.4) is 0 Å². The minimum Gasteiger partial charge on any atom is -0.336 e. The topological polar surface area (TPSA) is 93.3 Å². The van der Waals surface area contributed by atoms with E-state index in [0.29, 0.717) is 23.8 Å². The summed E-state index contributed by atoms with van der Waals surface area (Å²) in [6.07, 6.45) is 3.39. The van der Waals surface area contributed by atoms with Crippen LogP contribution in [0.4, 0.5) is 16.4 Å². The standard InChI is InChI=1S/C19H24N8O/c1-25-9-11-26(12-10-25)8-7-20-19(28)27(16-5-3-2-4-6-16)18-21-13-15-14-22-24-17(15)23-18/h2-6,13-14H,7-12H2,1H3,(H,20,28)(H,21,22,23,24). The molecule has 0 radical (unpaired) electrons. The second kappa shape index (κ2) is 8.32. The van der Waals surface area contributed by atoms with Crippen molar-refractivity contribution in [3.63, 3.8) is 0 Å². The molecule has 1 saturated heterocycles. The van der Waals surface area contributed by atoms with Crippen molar-refractivity contribution < 1.29 is 4.79 Å². The number of likely N-dealkylation sites (N-methyl/N-ethyl adjacent to an activating group) is 1. The lowest BCUT2D eigenvalue weighted by molar-refractivity contribution is 0.155. The monoisotopic (exact) mass is 380 g/mol. The summed E-state index contributed by atoms with van der Waals surface area (Å²) in [6.45, 7) is 5.54. The van der Waals surface area contributed by atoms with Gasteiger partial charge < -0.3 is 10.2 Å². The van der Waals surface area contributed by atoms with Crippen LogP contribution < -0.4 is 10.2 Å². The summed E-state index contributed by atoms with van der Waals surface area (Å²) in [4.78, 5) is 27.9. The number of carbonyl (C=O) groups excluding carboxylic acids is 1. The third-order valence-electron chi connectivity index (χ3n) is 4.89. The minimum atomic E-state index is -0.254. The molecule has 0 aliphatic carbocycles. The SMILES string of the molecule is CN1CCN(CCNC(=O)N(c2ccccc2)c2ncc3c[nH]nc3n2)CC1. The maximum absolute atomic E-state index is 13.0. The Labute approximate surface area is 163 Å². The van der Waals surface area contributed by atoms with Crippen molar-refractivity contribution in [3.8, 4) is 0 Å². The van der Waals surface area contributed by atoms with Crippen LogP contribution in [0.5, 0.6) is 0 Å². The molecule has 3 heterocycles. The van der Waals surface area contributed by atoms with Gasteiger partial charge in [-0.25, -0.2) is 14.7 Å². The molecule has 2 amide bonds. The molecule has 1 aliphatic rings. The maximum Gasteiger partial charge on any atom is 0.328 e. The van der Waals surface area contributed by atoms with Crippen LogP contribution in [-0.4, -0.2) is 82.3 Å². The van der Waals surface area contributed by atoms with Crippen molar-refractivity contribution >= 4 is 28.7 Å². The van der Waals surface area contributed by atoms with Gasteiger partial charge in [0.05, 0.1) is 11.1 Å². The maximum atomic E-state index is 13.0. The highest BCUT2D eigenvalue weighted by atomic mass is 16.2. The van der Waals surface area contributed by atoms with Crippen LogP contribution >= 0.6 is 0 Å². The predicted octanol–water partition coefficient (Wildman–Crippen LogP) is 1.45. The second-order valence-electron chi connectivity index (χ2n) is 6.88. The van der Waals surface area contributed by atoms with E-state index in [4.69, 9.17) is 0 Å². The van der Waals surface area contributed by atoms with Gasteiger partial charge in [0.2, 0.25) is 5.95 Å². The van der Waals surface area contributed by atoms with Gasteiger partial charge in [-0.15, -0.1) is 0 Å². The largest absolute Gasteiger partial charge is 0.336 e. The number of benzene rings is 1. The summed E-state index contributed by atoms with van der Waals surface area (Å²) >= 11 is 0. The van der Waals surface area contributed by atoms with E-state index in [0.717, 1.165) is 38.1 Å². The molecular formula is C19H24N8O. The van der Waals surface area contributed by atoms with Gasteiger partial charge >= 0.3 is 6.03 Å². The first-order chi connectivity index (χ1) is 13.7. The Morgan fingerprint density at radius 1 is 1.21 bits per heavy atom. The van der Waals surface area contributed by atoms with Gasteiger partial charge in [-0.05, 0) is 19.2 Å². The molecule has 0 saturated carbocycles. The normalized spacial score (nSPS) is 15.6. The summed E-state index contributed by atoms with van der Waals surface area (Å²) in [5.74, 6) is 0.294. The molecule has 1 aliphatic heterocycles. The van der Waals surface area contributed by atoms with Gasteiger partial charge in [0, 0.05) is 51.7 Å². The Morgan fingerprint density at radius 3 is 2.79 bits per heavy atom. The molecule has 1 aromatic carbocycles. The number of aromatic nitrogens is 4. The fraction of sp³-hybridized carbons (Fsp3) is 0.368. The van der Waals surface area contributed by atoms with E-state index in [2.05, 4.69) is 42.3 Å². The summed E-state index contributed by atoms with van der Waals surface area (Å²) in [7, 11) is 2.13. The van der Waals surface area contributed by atoms with E-state index >= 15 is 0 Å². The molecule has 146 valence electrons. The van der Waals surface area contributed by atoms with Gasteiger partial charge in [0.25, 0.3) is 0 Å². The number of urea groups is 1. The fourth-order valence-corrected chi connectivity index (χ4v) is 3.21. The predicted molar refractivity (Wildman–Crippen MR) is 108 cm³/mol. The number of rotatable bonds is 5. The Morgan fingerprint density at radius 2 is 2.00 bits per heavy atom. The molecule has 28 heavy (non-hydrogen) atoms. The fourth-order valence-electron chi connectivity index (χ4n) is 3.21. The van der Waals surface area contributed by atoms with Crippen LogP contribution in [0.25, 0.3) is 11.0 Å². The summed E-state index contributed by atoms with van der Waals surface area (Å²) in [5, 5.41) is 10.7. The number of para-hydroxylation sites is 1. The highest BCUT2D eigenvalue weighted by molar-refractivity contribution is 5.98. The first kappa shape index (κ1) is 18.3. The van der Waals surface area contributed by atoms with E-state index in [1.807, 2.05) is 30.3 Å². The van der Waals surface area contributed by atoms with E-state index < -0.39 is 0 Å². The van der Waals surface area contributed by atoms with Crippen LogP contribution in [0.15, 0.2) is 42.7 Å². The summed E-state index contributed by atoms with van der Waals surface area (Å²) in [6, 6.07) is 9.14. The van der Waals surface area contributed by atoms with Crippen molar-refractivity contribution in [2.75, 3.05) is 51.2 Å². The molecule has 0 bridgehead atoms. The second-order valence-corrected chi connectivity index (χ2v) is 6.88. The highest BCUT2D eigenvalue weighted by Gasteiger charge is 2.21. The highest BCUT2D eigenvalue weighted by Crippen LogP contribution is 2.23. The number of H-pyrrole nitrogens is 1. The first-order valence-electron chi connectivity index (χ1n) is 9.41. The van der Waals surface area contributed by atoms with Crippen molar-refractivity contribution in [1.29, 1.82) is 0 Å². The zero-order chi connectivity index (χ0) is 19.3. The third kappa shape index (κ3) is 4.10. The number of piperazine rings is 1. The van der Waals surface area contributed by atoms with Gasteiger partial charge in [-0.3, -0.25) is 10.00 Å². The number of nitrogens with zero attached hydrogens (tertiary/aromatic N) is 6. The zero-order valence-corrected chi connectivity index (χ0v) is 15.9. The molecule has 2 aromatic heterocycles. The Bertz CT molecular complexity index is 920. The van der Waals surface area contributed by atoms with Crippen molar-refractivity contribution in [3.05, 3.63) is 42.7 Å². The number of amides is 2. The molecular weight excluding hydrogens is 356 g/mol. The average Bonchev–Trinajstić information content (AvgIpc) is 3.18. The Kier molecular flexibility index (Phi) is 5.45. The van der Waals surface area contributed by atoms with E-state index in [-0.39, 0.29) is 6.03 Å². The molecule has 0 atom stereocenters. The molecule has 9 nitrogen and oxygen atoms in total. The number of hydrogen-bond acceptors (Lipinski definition) is 6. The van der Waals surface area contributed by atoms with E-state index in [1.54, 1.807) is 12.4 Å². The van der Waals surface area contributed by atoms with Gasteiger partial charge in [0.15, 0.2) is 5.65 Å². The average molecular weight is 380 g/mol. The number of aromatic amines is 1. The van der Waals surface area contributed by atoms with Crippen molar-refractivity contribution in [2.24, 2.45) is 0 Å². The number of nitrogens with one attached hydrogen (secondary N) is 2. The minimum absolute atomic E-state index is 0.254. The zero-order valence-electron chi connectivity index (χ0n) is 15.9. The smallest absolute Gasteiger partial charge is 0.328 e. The van der Waals surface area contributed by atoms with Crippen molar-refractivity contribution in [1.82, 2.24) is 35.3 Å². The lowest BCUT2D eigenvalue weighted by atomic mass is 10.3.